The lowest BCUT2D eigenvalue weighted by Gasteiger charge is -2.35. The van der Waals surface area contributed by atoms with E-state index in [9.17, 15) is 14.7 Å². The third-order valence-electron chi connectivity index (χ3n) is 8.58. The monoisotopic (exact) mass is 589 g/mol. The minimum Gasteiger partial charge on any atom is -0.450 e. The lowest BCUT2D eigenvalue weighted by molar-refractivity contribution is -0.139. The molecule has 0 aliphatic carbocycles. The number of nitrogens with one attached hydrogen (secondary N) is 1. The van der Waals surface area contributed by atoms with Gasteiger partial charge in [0.15, 0.2) is 12.5 Å². The van der Waals surface area contributed by atoms with E-state index in [2.05, 4.69) is 28.4 Å². The van der Waals surface area contributed by atoms with Crippen LogP contribution in [0.2, 0.25) is 0 Å². The van der Waals surface area contributed by atoms with Crippen molar-refractivity contribution >= 4 is 12.0 Å². The molecule has 4 aliphatic heterocycles. The van der Waals surface area contributed by atoms with Gasteiger partial charge in [-0.15, -0.1) is 0 Å². The van der Waals surface area contributed by atoms with Gasteiger partial charge >= 0.3 is 6.09 Å². The van der Waals surface area contributed by atoms with Crippen molar-refractivity contribution in [2.75, 3.05) is 33.2 Å². The number of amides is 2. The van der Waals surface area contributed by atoms with E-state index in [4.69, 9.17) is 23.7 Å². The fourth-order valence-corrected chi connectivity index (χ4v) is 6.22. The molecule has 2 saturated heterocycles. The maximum atomic E-state index is 13.9. The van der Waals surface area contributed by atoms with E-state index in [0.29, 0.717) is 26.2 Å². The minimum absolute atomic E-state index is 0.146. The summed E-state index contributed by atoms with van der Waals surface area (Å²) in [6, 6.07) is 5.31. The molecule has 1 aromatic carbocycles. The summed E-state index contributed by atoms with van der Waals surface area (Å²) in [7, 11) is 0. The summed E-state index contributed by atoms with van der Waals surface area (Å²) in [5, 5.41) is 12.1. The molecular weight excluding hydrogens is 542 g/mol. The van der Waals surface area contributed by atoms with Gasteiger partial charge in [-0.05, 0) is 41.4 Å². The molecule has 11 nitrogen and oxygen atoms in total. The number of rotatable bonds is 3. The molecule has 2 N–H and O–H groups in total. The lowest BCUT2D eigenvalue weighted by atomic mass is 9.85. The summed E-state index contributed by atoms with van der Waals surface area (Å²) in [6.07, 6.45) is 4.00. The number of benzene rings is 1. The molecule has 1 aromatic rings. The van der Waals surface area contributed by atoms with Crippen molar-refractivity contribution in [1.82, 2.24) is 15.1 Å². The van der Waals surface area contributed by atoms with Gasteiger partial charge in [0.1, 0.15) is 12.8 Å². The Morgan fingerprint density at radius 2 is 1.79 bits per heavy atom. The summed E-state index contributed by atoms with van der Waals surface area (Å²) in [6.45, 7) is 9.04. The number of alkyl carbamates (subject to hydrolysis) is 1. The number of hydrogen-bond acceptors (Lipinski definition) is 9. The Bertz CT molecular complexity index is 1080. The van der Waals surface area contributed by atoms with Gasteiger partial charge in [0.25, 0.3) is 0 Å². The largest absolute Gasteiger partial charge is 0.450 e. The topological polar surface area (TPSA) is 122 Å². The number of aliphatic hydroxyl groups is 1. The first kappa shape index (κ1) is 31.2. The van der Waals surface area contributed by atoms with Crippen LogP contribution in [0.3, 0.4) is 0 Å². The first-order valence-electron chi connectivity index (χ1n) is 15.4. The SMILES string of the molecule is CC(C)(C)C1NC(=O)OCCCCCCCOCc2cccc3c2CN(C3)C2OC2OC2CC(COCO)N(C2)C1=O. The third-order valence-corrected chi connectivity index (χ3v) is 8.58. The first-order chi connectivity index (χ1) is 20.2. The molecular formula is C31H47N3O8. The zero-order valence-electron chi connectivity index (χ0n) is 25.2. The molecule has 6 atom stereocenters. The number of carbonyl (C=O) groups is 2. The Balaban J connectivity index is 1.29. The Morgan fingerprint density at radius 1 is 1.02 bits per heavy atom. The summed E-state index contributed by atoms with van der Waals surface area (Å²) in [5.41, 5.74) is 3.28. The summed E-state index contributed by atoms with van der Waals surface area (Å²) >= 11 is 0. The van der Waals surface area contributed by atoms with Crippen molar-refractivity contribution in [1.29, 1.82) is 0 Å². The van der Waals surface area contributed by atoms with E-state index in [-0.39, 0.29) is 37.2 Å². The van der Waals surface area contributed by atoms with Gasteiger partial charge in [-0.1, -0.05) is 58.2 Å². The number of hydrogen-bond donors (Lipinski definition) is 2. The van der Waals surface area contributed by atoms with E-state index >= 15 is 0 Å². The zero-order chi connectivity index (χ0) is 29.7. The molecule has 6 unspecified atom stereocenters. The van der Waals surface area contributed by atoms with E-state index in [1.54, 1.807) is 4.90 Å². The van der Waals surface area contributed by atoms with Crippen LogP contribution in [0.25, 0.3) is 0 Å². The molecule has 4 bridgehead atoms. The quantitative estimate of drug-likeness (QED) is 0.404. The van der Waals surface area contributed by atoms with E-state index in [0.717, 1.165) is 51.8 Å². The smallest absolute Gasteiger partial charge is 0.407 e. The van der Waals surface area contributed by atoms with Crippen molar-refractivity contribution in [3.63, 3.8) is 0 Å². The van der Waals surface area contributed by atoms with Crippen LogP contribution in [0.1, 0.15) is 76.0 Å². The number of aliphatic hydroxyl groups excluding tert-OH is 1. The van der Waals surface area contributed by atoms with Crippen LogP contribution in [0.4, 0.5) is 4.79 Å². The molecule has 0 radical (unpaired) electrons. The fraction of sp³-hybridized carbons (Fsp3) is 0.742. The molecule has 4 aliphatic rings. The van der Waals surface area contributed by atoms with Gasteiger partial charge in [0.2, 0.25) is 5.91 Å². The Labute approximate surface area is 248 Å². The van der Waals surface area contributed by atoms with Crippen LogP contribution < -0.4 is 5.32 Å². The predicted molar refractivity (Wildman–Crippen MR) is 153 cm³/mol. The second kappa shape index (κ2) is 14.0. The fourth-order valence-electron chi connectivity index (χ4n) is 6.22. The van der Waals surface area contributed by atoms with Crippen molar-refractivity contribution in [2.45, 2.75) is 110 Å². The van der Waals surface area contributed by atoms with Crippen LogP contribution in [0.5, 0.6) is 0 Å². The Kier molecular flexibility index (Phi) is 10.4. The Hall–Kier alpha value is -2.28. The first-order valence-corrected chi connectivity index (χ1v) is 15.4. The second-order valence-electron chi connectivity index (χ2n) is 12.9. The van der Waals surface area contributed by atoms with Crippen LogP contribution in [-0.2, 0) is 48.2 Å². The van der Waals surface area contributed by atoms with E-state index < -0.39 is 24.3 Å². The van der Waals surface area contributed by atoms with Crippen LogP contribution >= 0.6 is 0 Å². The predicted octanol–water partition coefficient (Wildman–Crippen LogP) is 3.26. The highest BCUT2D eigenvalue weighted by Gasteiger charge is 2.50. The summed E-state index contributed by atoms with van der Waals surface area (Å²) in [4.78, 5) is 30.6. The standard InChI is InChI=1S/C31H47N3O8/c1-31(2,3)26-27(36)34-16-24(14-23(34)19-39-20-35)41-29-28(42-29)33-15-21-10-9-11-22(25(21)17-33)18-38-12-7-5-4-6-8-13-40-30(37)32-26/h9-11,23-24,26,28-29,35H,4-8,12-20H2,1-3H3,(H,32,37). The summed E-state index contributed by atoms with van der Waals surface area (Å²) in [5.74, 6) is -0.218. The average molecular weight is 590 g/mol. The molecule has 11 heteroatoms. The number of nitrogens with zero attached hydrogens (tertiary/aromatic N) is 2. The van der Waals surface area contributed by atoms with Gasteiger partial charge in [0, 0.05) is 26.2 Å². The Morgan fingerprint density at radius 3 is 2.57 bits per heavy atom. The number of fused-ring (bicyclic) bond motifs is 5. The number of ether oxygens (including phenoxy) is 5. The zero-order valence-corrected chi connectivity index (χ0v) is 25.2. The van der Waals surface area contributed by atoms with Crippen LogP contribution in [-0.4, -0.2) is 90.8 Å². The van der Waals surface area contributed by atoms with Gasteiger partial charge in [-0.2, -0.15) is 0 Å². The normalized spacial score (nSPS) is 31.6. The van der Waals surface area contributed by atoms with E-state index in [1.165, 1.54) is 16.7 Å². The minimum atomic E-state index is -0.798. The highest BCUT2D eigenvalue weighted by atomic mass is 16.8. The van der Waals surface area contributed by atoms with Crippen molar-refractivity contribution in [2.24, 2.45) is 5.41 Å². The highest BCUT2D eigenvalue weighted by Crippen LogP contribution is 2.38. The average Bonchev–Trinajstić information content (AvgIpc) is 3.37. The molecule has 234 valence electrons. The lowest BCUT2D eigenvalue weighted by Crippen LogP contribution is -2.56. The third kappa shape index (κ3) is 7.81. The molecule has 0 aromatic heterocycles. The molecule has 5 rings (SSSR count). The molecule has 2 fully saturated rings. The molecule has 0 saturated carbocycles. The molecule has 4 heterocycles. The van der Waals surface area contributed by atoms with Gasteiger partial charge in [0.05, 0.1) is 32.0 Å². The molecule has 42 heavy (non-hydrogen) atoms. The highest BCUT2D eigenvalue weighted by molar-refractivity contribution is 5.87. The molecule has 2 amide bonds. The van der Waals surface area contributed by atoms with Crippen LogP contribution in [0, 0.1) is 5.41 Å². The van der Waals surface area contributed by atoms with Crippen molar-refractivity contribution < 1.29 is 38.4 Å². The second-order valence-corrected chi connectivity index (χ2v) is 12.9. The maximum Gasteiger partial charge on any atom is 0.407 e. The molecule has 0 spiro atoms. The number of carbonyl (C=O) groups excluding carboxylic acids is 2. The van der Waals surface area contributed by atoms with Gasteiger partial charge in [-0.3, -0.25) is 9.69 Å². The summed E-state index contributed by atoms with van der Waals surface area (Å²) < 4.78 is 29.1. The van der Waals surface area contributed by atoms with Gasteiger partial charge < -0.3 is 39.0 Å². The maximum absolute atomic E-state index is 13.9. The van der Waals surface area contributed by atoms with Crippen molar-refractivity contribution in [3.8, 4) is 0 Å². The number of cyclic esters (lactones) is 1. The van der Waals surface area contributed by atoms with Crippen LogP contribution in [0.15, 0.2) is 18.2 Å². The number of epoxide rings is 1. The van der Waals surface area contributed by atoms with Crippen molar-refractivity contribution in [3.05, 3.63) is 34.9 Å². The van der Waals surface area contributed by atoms with Gasteiger partial charge in [-0.25, -0.2) is 4.79 Å². The van der Waals surface area contributed by atoms with E-state index in [1.807, 2.05) is 20.8 Å².